The molecule has 11 rings (SSSR count). The highest BCUT2D eigenvalue weighted by Crippen LogP contribution is 2.39. The zero-order valence-corrected chi connectivity index (χ0v) is 30.3. The lowest BCUT2D eigenvalue weighted by molar-refractivity contribution is 1.11. The second-order valence-corrected chi connectivity index (χ2v) is 14.1. The minimum absolute atomic E-state index is 0.654. The summed E-state index contributed by atoms with van der Waals surface area (Å²) in [6.07, 6.45) is 2.17. The Bertz CT molecular complexity index is 3160. The van der Waals surface area contributed by atoms with E-state index < -0.39 is 0 Å². The van der Waals surface area contributed by atoms with Crippen LogP contribution in [0.25, 0.3) is 100 Å². The highest BCUT2D eigenvalue weighted by atomic mass is 15.0. The lowest BCUT2D eigenvalue weighted by atomic mass is 10.0. The number of fused-ring (bicyclic) bond motifs is 6. The Balaban J connectivity index is 1.08. The van der Waals surface area contributed by atoms with Gasteiger partial charge in [-0.3, -0.25) is 0 Å². The molecule has 0 aliphatic carbocycles. The summed E-state index contributed by atoms with van der Waals surface area (Å²) in [6, 6.07) is 67.9. The van der Waals surface area contributed by atoms with Crippen LogP contribution < -0.4 is 0 Å². The van der Waals surface area contributed by atoms with Gasteiger partial charge in [-0.05, 0) is 77.9 Å². The molecule has 0 aliphatic heterocycles. The van der Waals surface area contributed by atoms with E-state index in [9.17, 15) is 0 Å². The molecule has 4 heterocycles. The van der Waals surface area contributed by atoms with Gasteiger partial charge in [0.25, 0.3) is 0 Å². The van der Waals surface area contributed by atoms with Crippen molar-refractivity contribution in [1.82, 2.24) is 24.1 Å². The number of hydrogen-bond donors (Lipinski definition) is 0. The van der Waals surface area contributed by atoms with E-state index in [4.69, 9.17) is 15.0 Å². The van der Waals surface area contributed by atoms with Crippen LogP contribution in [0.3, 0.4) is 0 Å². The molecule has 0 fully saturated rings. The number of pyridine rings is 1. The number of rotatable bonds is 6. The van der Waals surface area contributed by atoms with Crippen LogP contribution in [0.5, 0.6) is 0 Å². The van der Waals surface area contributed by atoms with Crippen LogP contribution in [0, 0.1) is 0 Å². The summed E-state index contributed by atoms with van der Waals surface area (Å²) >= 11 is 0. The van der Waals surface area contributed by atoms with Gasteiger partial charge in [-0.15, -0.1) is 0 Å². The molecule has 5 heteroatoms. The van der Waals surface area contributed by atoms with E-state index in [0.717, 1.165) is 67.1 Å². The summed E-state index contributed by atoms with van der Waals surface area (Å²) < 4.78 is 4.70. The van der Waals surface area contributed by atoms with Crippen molar-refractivity contribution in [1.29, 1.82) is 0 Å². The summed E-state index contributed by atoms with van der Waals surface area (Å²) in [5.41, 5.74) is 13.3. The molecule has 0 bridgehead atoms. The van der Waals surface area contributed by atoms with Crippen molar-refractivity contribution in [3.05, 3.63) is 200 Å². The smallest absolute Gasteiger partial charge is 0.160 e. The summed E-state index contributed by atoms with van der Waals surface area (Å²) in [5, 5.41) is 4.59. The van der Waals surface area contributed by atoms with Gasteiger partial charge < -0.3 is 9.13 Å². The van der Waals surface area contributed by atoms with E-state index >= 15 is 0 Å². The normalized spacial score (nSPS) is 11.6. The van der Waals surface area contributed by atoms with E-state index in [2.05, 4.69) is 185 Å². The average molecular weight is 716 g/mol. The van der Waals surface area contributed by atoms with Crippen LogP contribution in [-0.4, -0.2) is 24.1 Å². The van der Waals surface area contributed by atoms with Gasteiger partial charge in [-0.2, -0.15) is 0 Å². The van der Waals surface area contributed by atoms with Crippen molar-refractivity contribution >= 4 is 43.6 Å². The summed E-state index contributed by atoms with van der Waals surface area (Å²) in [7, 11) is 0. The van der Waals surface area contributed by atoms with Crippen LogP contribution in [0.15, 0.2) is 200 Å². The zero-order valence-electron chi connectivity index (χ0n) is 30.3. The Kier molecular flexibility index (Phi) is 7.42. The molecule has 0 atom stereocenters. The largest absolute Gasteiger partial charge is 0.315 e. The van der Waals surface area contributed by atoms with Crippen LogP contribution in [0.4, 0.5) is 0 Å². The molecular weight excluding hydrogens is 683 g/mol. The standard InChI is InChI=1S/C51H33N5/c1-4-14-34(15-5-1)38-32-45(35-16-6-2-7-17-35)52-46(33-38)48-43-21-10-12-22-44(43)53-51(54-48)37-24-27-40(28-25-37)56-47-23-13-11-20-41(47)42-29-26-36-30-31-55(49(36)50(42)56)39-18-8-3-9-19-39/h1-33H. The number of para-hydroxylation sites is 3. The average Bonchev–Trinajstić information content (AvgIpc) is 3.86. The van der Waals surface area contributed by atoms with Crippen LogP contribution in [-0.2, 0) is 0 Å². The predicted molar refractivity (Wildman–Crippen MR) is 230 cm³/mol. The lowest BCUT2D eigenvalue weighted by Crippen LogP contribution is -1.99. The van der Waals surface area contributed by atoms with E-state index in [1.807, 2.05) is 24.3 Å². The van der Waals surface area contributed by atoms with Crippen LogP contribution >= 0.6 is 0 Å². The first-order valence-corrected chi connectivity index (χ1v) is 18.9. The fourth-order valence-electron chi connectivity index (χ4n) is 8.11. The van der Waals surface area contributed by atoms with Crippen LogP contribution in [0.2, 0.25) is 0 Å². The minimum atomic E-state index is 0.654. The fourth-order valence-corrected chi connectivity index (χ4v) is 8.11. The molecule has 0 spiro atoms. The second kappa shape index (κ2) is 13.0. The summed E-state index contributed by atoms with van der Waals surface area (Å²) in [4.78, 5) is 15.7. The molecular formula is C51H33N5. The minimum Gasteiger partial charge on any atom is -0.315 e. The maximum absolute atomic E-state index is 5.30. The first-order chi connectivity index (χ1) is 27.8. The van der Waals surface area contributed by atoms with E-state index in [0.29, 0.717) is 5.82 Å². The van der Waals surface area contributed by atoms with Crippen molar-refractivity contribution in [2.24, 2.45) is 0 Å². The molecule has 7 aromatic carbocycles. The Morgan fingerprint density at radius 2 is 1.04 bits per heavy atom. The maximum Gasteiger partial charge on any atom is 0.160 e. The molecule has 0 saturated heterocycles. The molecule has 262 valence electrons. The van der Waals surface area contributed by atoms with Crippen molar-refractivity contribution in [3.8, 4) is 56.5 Å². The molecule has 0 aliphatic rings. The SMILES string of the molecule is c1ccc(-c2cc(-c3ccccc3)nc(-c3nc(-c4ccc(-n5c6ccccc6c6ccc7ccn(-c8ccccc8)c7c65)cc4)nc4ccccc34)c2)cc1. The molecule has 11 aromatic rings. The maximum atomic E-state index is 5.30. The third-order valence-electron chi connectivity index (χ3n) is 10.8. The first kappa shape index (κ1) is 31.9. The van der Waals surface area contributed by atoms with Gasteiger partial charge in [-0.25, -0.2) is 15.0 Å². The van der Waals surface area contributed by atoms with Crippen LogP contribution in [0.1, 0.15) is 0 Å². The van der Waals surface area contributed by atoms with Gasteiger partial charge >= 0.3 is 0 Å². The lowest BCUT2D eigenvalue weighted by Gasteiger charge is -2.14. The number of nitrogens with zero attached hydrogens (tertiary/aromatic N) is 5. The van der Waals surface area contributed by atoms with Crippen molar-refractivity contribution in [2.45, 2.75) is 0 Å². The van der Waals surface area contributed by atoms with Gasteiger partial charge in [0.2, 0.25) is 0 Å². The van der Waals surface area contributed by atoms with Crippen molar-refractivity contribution in [3.63, 3.8) is 0 Å². The van der Waals surface area contributed by atoms with Gasteiger partial charge in [0.15, 0.2) is 5.82 Å². The third kappa shape index (κ3) is 5.29. The van der Waals surface area contributed by atoms with E-state index in [1.165, 1.54) is 27.2 Å². The molecule has 0 saturated carbocycles. The molecule has 56 heavy (non-hydrogen) atoms. The fraction of sp³-hybridized carbons (Fsp3) is 0. The number of aromatic nitrogens is 5. The summed E-state index contributed by atoms with van der Waals surface area (Å²) in [5.74, 6) is 0.654. The Labute approximate surface area is 323 Å². The highest BCUT2D eigenvalue weighted by molar-refractivity contribution is 6.18. The topological polar surface area (TPSA) is 48.5 Å². The van der Waals surface area contributed by atoms with Gasteiger partial charge in [0.05, 0.1) is 33.5 Å². The Morgan fingerprint density at radius 3 is 1.82 bits per heavy atom. The van der Waals surface area contributed by atoms with Crippen molar-refractivity contribution < 1.29 is 0 Å². The molecule has 4 aromatic heterocycles. The molecule has 0 amide bonds. The van der Waals surface area contributed by atoms with E-state index in [-0.39, 0.29) is 0 Å². The van der Waals surface area contributed by atoms with Gasteiger partial charge in [0.1, 0.15) is 5.69 Å². The molecule has 0 unspecified atom stereocenters. The quantitative estimate of drug-likeness (QED) is 0.172. The predicted octanol–water partition coefficient (Wildman–Crippen LogP) is 12.7. The second-order valence-electron chi connectivity index (χ2n) is 14.1. The first-order valence-electron chi connectivity index (χ1n) is 18.9. The molecule has 0 N–H and O–H groups in total. The van der Waals surface area contributed by atoms with Crippen molar-refractivity contribution in [2.75, 3.05) is 0 Å². The monoisotopic (exact) mass is 715 g/mol. The zero-order chi connectivity index (χ0) is 37.0. The molecule has 5 nitrogen and oxygen atoms in total. The summed E-state index contributed by atoms with van der Waals surface area (Å²) in [6.45, 7) is 0. The molecule has 0 radical (unpaired) electrons. The van der Waals surface area contributed by atoms with E-state index in [1.54, 1.807) is 0 Å². The Hall–Kier alpha value is -7.63. The highest BCUT2D eigenvalue weighted by Gasteiger charge is 2.19. The van der Waals surface area contributed by atoms with Gasteiger partial charge in [0, 0.05) is 50.2 Å². The number of benzene rings is 7. The van der Waals surface area contributed by atoms with Gasteiger partial charge in [-0.1, -0.05) is 127 Å². The third-order valence-corrected chi connectivity index (χ3v) is 10.8. The number of hydrogen-bond acceptors (Lipinski definition) is 3. The Morgan fingerprint density at radius 1 is 0.375 bits per heavy atom.